The van der Waals surface area contributed by atoms with Gasteiger partial charge in [-0.25, -0.2) is 0 Å². The minimum Gasteiger partial charge on any atom is -0.389 e. The smallest absolute Gasteiger partial charge is 0.0715 e. The molecule has 1 fully saturated rings. The van der Waals surface area contributed by atoms with Crippen LogP contribution in [-0.4, -0.2) is 22.8 Å². The van der Waals surface area contributed by atoms with E-state index in [0.717, 1.165) is 0 Å². The molecule has 0 spiro atoms. The minimum absolute atomic E-state index is 0.361. The fourth-order valence-corrected chi connectivity index (χ4v) is 1.66. The molecule has 0 atom stereocenters. The molecule has 1 rings (SSSR count). The second kappa shape index (κ2) is 3.35. The Labute approximate surface area is 75.4 Å². The zero-order chi connectivity index (χ0) is 9.24. The maximum atomic E-state index is 9.53. The van der Waals surface area contributed by atoms with Crippen LogP contribution in [0.1, 0.15) is 46.5 Å². The molecular weight excluding hydrogens is 150 g/mol. The SMILES string of the molecule is CCC1(NCC(C)(C)O)CCC1. The first kappa shape index (κ1) is 10.0. The van der Waals surface area contributed by atoms with E-state index in [0.29, 0.717) is 12.1 Å². The van der Waals surface area contributed by atoms with Gasteiger partial charge in [0.05, 0.1) is 5.60 Å². The molecule has 72 valence electrons. The van der Waals surface area contributed by atoms with E-state index in [1.807, 2.05) is 13.8 Å². The van der Waals surface area contributed by atoms with Crippen LogP contribution in [-0.2, 0) is 0 Å². The summed E-state index contributed by atoms with van der Waals surface area (Å²) >= 11 is 0. The quantitative estimate of drug-likeness (QED) is 0.674. The molecule has 0 bridgehead atoms. The topological polar surface area (TPSA) is 32.3 Å². The predicted octanol–water partition coefficient (Wildman–Crippen LogP) is 1.68. The highest BCUT2D eigenvalue weighted by Gasteiger charge is 2.35. The Balaban J connectivity index is 2.30. The fraction of sp³-hybridized carbons (Fsp3) is 1.00. The van der Waals surface area contributed by atoms with Crippen LogP contribution in [0.15, 0.2) is 0 Å². The van der Waals surface area contributed by atoms with E-state index in [2.05, 4.69) is 12.2 Å². The third-order valence-electron chi connectivity index (χ3n) is 2.88. The Kier molecular flexibility index (Phi) is 2.79. The Bertz CT molecular complexity index is 139. The Hall–Kier alpha value is -0.0800. The average Bonchev–Trinajstić information content (AvgIpc) is 1.84. The highest BCUT2D eigenvalue weighted by molar-refractivity contribution is 4.95. The molecule has 2 nitrogen and oxygen atoms in total. The van der Waals surface area contributed by atoms with Crippen molar-refractivity contribution in [3.63, 3.8) is 0 Å². The number of β-amino-alcohol motifs (C(OH)–C–C–N with tert-alkyl or cyclic N) is 1. The molecule has 1 aliphatic carbocycles. The molecule has 0 radical (unpaired) electrons. The van der Waals surface area contributed by atoms with Crippen molar-refractivity contribution in [2.75, 3.05) is 6.54 Å². The molecule has 0 heterocycles. The van der Waals surface area contributed by atoms with Gasteiger partial charge in [-0.1, -0.05) is 6.92 Å². The standard InChI is InChI=1S/C10H21NO/c1-4-10(6-5-7-10)11-8-9(2,3)12/h11-12H,4-8H2,1-3H3. The van der Waals surface area contributed by atoms with Crippen LogP contribution in [0.5, 0.6) is 0 Å². The summed E-state index contributed by atoms with van der Waals surface area (Å²) in [5.74, 6) is 0. The van der Waals surface area contributed by atoms with Crippen LogP contribution in [0.2, 0.25) is 0 Å². The van der Waals surface area contributed by atoms with Crippen molar-refractivity contribution in [3.8, 4) is 0 Å². The zero-order valence-electron chi connectivity index (χ0n) is 8.48. The van der Waals surface area contributed by atoms with Gasteiger partial charge in [0.15, 0.2) is 0 Å². The first-order valence-electron chi connectivity index (χ1n) is 4.95. The first-order chi connectivity index (χ1) is 5.47. The molecule has 1 saturated carbocycles. The molecule has 0 unspecified atom stereocenters. The van der Waals surface area contributed by atoms with Crippen molar-refractivity contribution in [2.45, 2.75) is 57.6 Å². The van der Waals surface area contributed by atoms with E-state index in [1.54, 1.807) is 0 Å². The van der Waals surface area contributed by atoms with Crippen LogP contribution < -0.4 is 5.32 Å². The monoisotopic (exact) mass is 171 g/mol. The van der Waals surface area contributed by atoms with E-state index in [4.69, 9.17) is 0 Å². The van der Waals surface area contributed by atoms with Gasteiger partial charge in [0.1, 0.15) is 0 Å². The molecule has 0 aromatic rings. The van der Waals surface area contributed by atoms with Crippen LogP contribution in [0, 0.1) is 0 Å². The number of hydrogen-bond acceptors (Lipinski definition) is 2. The lowest BCUT2D eigenvalue weighted by atomic mass is 9.74. The second-order valence-electron chi connectivity index (χ2n) is 4.65. The van der Waals surface area contributed by atoms with Gasteiger partial charge in [-0.2, -0.15) is 0 Å². The Morgan fingerprint density at radius 1 is 1.42 bits per heavy atom. The highest BCUT2D eigenvalue weighted by atomic mass is 16.3. The van der Waals surface area contributed by atoms with Gasteiger partial charge in [-0.15, -0.1) is 0 Å². The van der Waals surface area contributed by atoms with Gasteiger partial charge in [0, 0.05) is 12.1 Å². The van der Waals surface area contributed by atoms with Crippen LogP contribution >= 0.6 is 0 Å². The Morgan fingerprint density at radius 3 is 2.25 bits per heavy atom. The summed E-state index contributed by atoms with van der Waals surface area (Å²) in [4.78, 5) is 0. The molecule has 1 aliphatic rings. The lowest BCUT2D eigenvalue weighted by molar-refractivity contribution is 0.0545. The van der Waals surface area contributed by atoms with Gasteiger partial charge >= 0.3 is 0 Å². The van der Waals surface area contributed by atoms with E-state index in [9.17, 15) is 5.11 Å². The molecule has 0 aromatic carbocycles. The molecule has 0 saturated heterocycles. The van der Waals surface area contributed by atoms with Crippen molar-refractivity contribution in [2.24, 2.45) is 0 Å². The van der Waals surface area contributed by atoms with E-state index in [1.165, 1.54) is 25.7 Å². The third kappa shape index (κ3) is 2.46. The van der Waals surface area contributed by atoms with Crippen LogP contribution in [0.25, 0.3) is 0 Å². The van der Waals surface area contributed by atoms with Crippen LogP contribution in [0.3, 0.4) is 0 Å². The summed E-state index contributed by atoms with van der Waals surface area (Å²) in [6.07, 6.45) is 5.08. The van der Waals surface area contributed by atoms with Gasteiger partial charge in [0.25, 0.3) is 0 Å². The van der Waals surface area contributed by atoms with Crippen LogP contribution in [0.4, 0.5) is 0 Å². The third-order valence-corrected chi connectivity index (χ3v) is 2.88. The van der Waals surface area contributed by atoms with Crippen molar-refractivity contribution < 1.29 is 5.11 Å². The molecule has 12 heavy (non-hydrogen) atoms. The van der Waals surface area contributed by atoms with Crippen molar-refractivity contribution in [1.82, 2.24) is 5.32 Å². The number of hydrogen-bond donors (Lipinski definition) is 2. The first-order valence-corrected chi connectivity index (χ1v) is 4.95. The largest absolute Gasteiger partial charge is 0.389 e. The summed E-state index contributed by atoms with van der Waals surface area (Å²) in [6.45, 7) is 6.63. The van der Waals surface area contributed by atoms with E-state index < -0.39 is 5.60 Å². The normalized spacial score (nSPS) is 22.0. The second-order valence-corrected chi connectivity index (χ2v) is 4.65. The fourth-order valence-electron chi connectivity index (χ4n) is 1.66. The van der Waals surface area contributed by atoms with Crippen molar-refractivity contribution in [1.29, 1.82) is 0 Å². The maximum absolute atomic E-state index is 9.53. The molecule has 0 aromatic heterocycles. The molecule has 0 amide bonds. The van der Waals surface area contributed by atoms with Gasteiger partial charge in [-0.05, 0) is 39.5 Å². The van der Waals surface area contributed by atoms with E-state index in [-0.39, 0.29) is 0 Å². The number of aliphatic hydroxyl groups is 1. The molecule has 0 aliphatic heterocycles. The zero-order valence-corrected chi connectivity index (χ0v) is 8.48. The molecule has 2 N–H and O–H groups in total. The summed E-state index contributed by atoms with van der Waals surface area (Å²) in [5, 5.41) is 13.0. The van der Waals surface area contributed by atoms with E-state index >= 15 is 0 Å². The Morgan fingerprint density at radius 2 is 2.00 bits per heavy atom. The average molecular weight is 171 g/mol. The molecule has 2 heteroatoms. The summed E-state index contributed by atoms with van der Waals surface area (Å²) < 4.78 is 0. The van der Waals surface area contributed by atoms with Crippen molar-refractivity contribution in [3.05, 3.63) is 0 Å². The van der Waals surface area contributed by atoms with Gasteiger partial charge < -0.3 is 10.4 Å². The lowest BCUT2D eigenvalue weighted by Crippen LogP contribution is -2.54. The summed E-state index contributed by atoms with van der Waals surface area (Å²) in [7, 11) is 0. The predicted molar refractivity (Wildman–Crippen MR) is 51.2 cm³/mol. The lowest BCUT2D eigenvalue weighted by Gasteiger charge is -2.43. The van der Waals surface area contributed by atoms with Gasteiger partial charge in [-0.3, -0.25) is 0 Å². The van der Waals surface area contributed by atoms with Crippen molar-refractivity contribution >= 4 is 0 Å². The van der Waals surface area contributed by atoms with Gasteiger partial charge in [0.2, 0.25) is 0 Å². The summed E-state index contributed by atoms with van der Waals surface area (Å²) in [5.41, 5.74) is -0.211. The minimum atomic E-state index is -0.572. The highest BCUT2D eigenvalue weighted by Crippen LogP contribution is 2.34. The number of nitrogens with one attached hydrogen (secondary N) is 1. The molecular formula is C10H21NO. The summed E-state index contributed by atoms with van der Waals surface area (Å²) in [6, 6.07) is 0. The number of rotatable bonds is 4. The maximum Gasteiger partial charge on any atom is 0.0715 e.